The monoisotopic (exact) mass is 247 g/mol. The van der Waals surface area contributed by atoms with Gasteiger partial charge in [0.15, 0.2) is 6.39 Å². The molecule has 6 heteroatoms. The number of primary amides is 1. The van der Waals surface area contributed by atoms with Gasteiger partial charge in [0, 0.05) is 5.56 Å². The molecule has 3 N–H and O–H groups in total. The number of carbonyl (C=O) groups is 1. The van der Waals surface area contributed by atoms with Gasteiger partial charge in [-0.05, 0) is 18.2 Å². The Morgan fingerprint density at radius 3 is 3.00 bits per heavy atom. The van der Waals surface area contributed by atoms with Gasteiger partial charge in [-0.15, -0.1) is 0 Å². The minimum atomic E-state index is -0.486. The summed E-state index contributed by atoms with van der Waals surface area (Å²) in [6.45, 7) is 0.443. The van der Waals surface area contributed by atoms with E-state index in [0.29, 0.717) is 29.3 Å². The van der Waals surface area contributed by atoms with Gasteiger partial charge in [-0.25, -0.2) is 4.98 Å². The van der Waals surface area contributed by atoms with Crippen molar-refractivity contribution in [1.29, 1.82) is 0 Å². The fourth-order valence-corrected chi connectivity index (χ4v) is 1.51. The van der Waals surface area contributed by atoms with E-state index in [1.807, 2.05) is 0 Å². The number of ether oxygens (including phenoxy) is 1. The second kappa shape index (κ2) is 5.22. The summed E-state index contributed by atoms with van der Waals surface area (Å²) in [5.41, 5.74) is 6.31. The van der Waals surface area contributed by atoms with Gasteiger partial charge in [0.1, 0.15) is 11.5 Å². The lowest BCUT2D eigenvalue weighted by Crippen LogP contribution is -2.11. The van der Waals surface area contributed by atoms with Crippen LogP contribution in [0.5, 0.6) is 5.75 Å². The molecule has 0 unspecified atom stereocenters. The standard InChI is InChI=1S/C12H13N3O3/c1-17-11-3-2-8(12(13)16)4-10(11)15-6-9-5-14-7-18-9/h2-5,7,15H,6H2,1H3,(H2,13,16). The van der Waals surface area contributed by atoms with Gasteiger partial charge in [0.25, 0.3) is 0 Å². The van der Waals surface area contributed by atoms with Crippen LogP contribution in [0.2, 0.25) is 0 Å². The van der Waals surface area contributed by atoms with E-state index in [0.717, 1.165) is 0 Å². The van der Waals surface area contributed by atoms with E-state index >= 15 is 0 Å². The summed E-state index contributed by atoms with van der Waals surface area (Å²) < 4.78 is 10.3. The van der Waals surface area contributed by atoms with Gasteiger partial charge in [0.05, 0.1) is 25.5 Å². The molecule has 0 spiro atoms. The summed E-state index contributed by atoms with van der Waals surface area (Å²) in [5.74, 6) is 0.821. The van der Waals surface area contributed by atoms with Crippen molar-refractivity contribution >= 4 is 11.6 Å². The van der Waals surface area contributed by atoms with E-state index in [1.54, 1.807) is 31.5 Å². The van der Waals surface area contributed by atoms with E-state index in [2.05, 4.69) is 10.3 Å². The first-order valence-corrected chi connectivity index (χ1v) is 5.30. The SMILES string of the molecule is COc1ccc(C(N)=O)cc1NCc1cnco1. The second-order valence-corrected chi connectivity index (χ2v) is 3.60. The Labute approximate surface area is 104 Å². The fraction of sp³-hybridized carbons (Fsp3) is 0.167. The number of nitrogens with one attached hydrogen (secondary N) is 1. The predicted octanol–water partition coefficient (Wildman–Crippen LogP) is 1.39. The molecule has 0 aliphatic carbocycles. The number of methoxy groups -OCH3 is 1. The molecule has 0 atom stereocenters. The van der Waals surface area contributed by atoms with Crippen molar-refractivity contribution in [3.8, 4) is 5.75 Å². The summed E-state index contributed by atoms with van der Waals surface area (Å²) in [7, 11) is 1.55. The van der Waals surface area contributed by atoms with Crippen LogP contribution in [0.4, 0.5) is 5.69 Å². The van der Waals surface area contributed by atoms with Gasteiger partial charge < -0.3 is 20.2 Å². The van der Waals surface area contributed by atoms with E-state index in [4.69, 9.17) is 14.9 Å². The number of oxazole rings is 1. The molecule has 0 aliphatic rings. The number of benzene rings is 1. The van der Waals surface area contributed by atoms with Gasteiger partial charge in [-0.1, -0.05) is 0 Å². The average Bonchev–Trinajstić information content (AvgIpc) is 2.89. The second-order valence-electron chi connectivity index (χ2n) is 3.60. The molecule has 0 radical (unpaired) electrons. The number of amides is 1. The van der Waals surface area contributed by atoms with Crippen molar-refractivity contribution < 1.29 is 13.9 Å². The van der Waals surface area contributed by atoms with Crippen LogP contribution in [-0.2, 0) is 6.54 Å². The Bertz CT molecular complexity index is 538. The number of carbonyl (C=O) groups excluding carboxylic acids is 1. The number of aromatic nitrogens is 1. The molecule has 0 bridgehead atoms. The highest BCUT2D eigenvalue weighted by Crippen LogP contribution is 2.25. The number of hydrogen-bond donors (Lipinski definition) is 2. The summed E-state index contributed by atoms with van der Waals surface area (Å²) >= 11 is 0. The Kier molecular flexibility index (Phi) is 3.47. The van der Waals surface area contributed by atoms with E-state index < -0.39 is 5.91 Å². The summed E-state index contributed by atoms with van der Waals surface area (Å²) in [4.78, 5) is 14.9. The molecular formula is C12H13N3O3. The van der Waals surface area contributed by atoms with Crippen molar-refractivity contribution in [3.05, 3.63) is 42.1 Å². The Morgan fingerprint density at radius 2 is 2.39 bits per heavy atom. The molecule has 1 amide bonds. The largest absolute Gasteiger partial charge is 0.495 e. The van der Waals surface area contributed by atoms with Crippen molar-refractivity contribution in [1.82, 2.24) is 4.98 Å². The van der Waals surface area contributed by atoms with Crippen LogP contribution in [0, 0.1) is 0 Å². The van der Waals surface area contributed by atoms with Crippen molar-refractivity contribution in [2.24, 2.45) is 5.73 Å². The molecule has 0 aliphatic heterocycles. The quantitative estimate of drug-likeness (QED) is 0.833. The van der Waals surface area contributed by atoms with Crippen molar-refractivity contribution in [3.63, 3.8) is 0 Å². The Morgan fingerprint density at radius 1 is 1.56 bits per heavy atom. The summed E-state index contributed by atoms with van der Waals surface area (Å²) in [5, 5.41) is 3.10. The van der Waals surface area contributed by atoms with Crippen LogP contribution in [0.3, 0.4) is 0 Å². The normalized spacial score (nSPS) is 10.1. The van der Waals surface area contributed by atoms with E-state index in [9.17, 15) is 4.79 Å². The molecule has 2 aromatic rings. The van der Waals surface area contributed by atoms with Gasteiger partial charge in [0.2, 0.25) is 5.91 Å². The third-order valence-electron chi connectivity index (χ3n) is 2.42. The zero-order valence-corrected chi connectivity index (χ0v) is 9.84. The van der Waals surface area contributed by atoms with Gasteiger partial charge >= 0.3 is 0 Å². The van der Waals surface area contributed by atoms with Crippen molar-refractivity contribution in [2.45, 2.75) is 6.54 Å². The maximum Gasteiger partial charge on any atom is 0.248 e. The molecule has 0 fully saturated rings. The van der Waals surface area contributed by atoms with Gasteiger partial charge in [-0.3, -0.25) is 4.79 Å². The van der Waals surface area contributed by atoms with Gasteiger partial charge in [-0.2, -0.15) is 0 Å². The molecular weight excluding hydrogens is 234 g/mol. The predicted molar refractivity (Wildman–Crippen MR) is 65.3 cm³/mol. The average molecular weight is 247 g/mol. The molecule has 6 nitrogen and oxygen atoms in total. The number of nitrogens with two attached hydrogens (primary N) is 1. The van der Waals surface area contributed by atoms with Crippen LogP contribution >= 0.6 is 0 Å². The number of hydrogen-bond acceptors (Lipinski definition) is 5. The van der Waals surface area contributed by atoms with Crippen LogP contribution in [0.15, 0.2) is 35.2 Å². The fourth-order valence-electron chi connectivity index (χ4n) is 1.51. The zero-order valence-electron chi connectivity index (χ0n) is 9.84. The first-order chi connectivity index (χ1) is 8.70. The Balaban J connectivity index is 2.18. The zero-order chi connectivity index (χ0) is 13.0. The molecule has 94 valence electrons. The maximum atomic E-state index is 11.1. The highest BCUT2D eigenvalue weighted by molar-refractivity contribution is 5.94. The van der Waals surface area contributed by atoms with Crippen molar-refractivity contribution in [2.75, 3.05) is 12.4 Å². The summed E-state index contributed by atoms with van der Waals surface area (Å²) in [6, 6.07) is 4.93. The molecule has 0 saturated carbocycles. The lowest BCUT2D eigenvalue weighted by molar-refractivity contribution is 0.100. The molecule has 1 aromatic carbocycles. The topological polar surface area (TPSA) is 90.4 Å². The number of nitrogens with zero attached hydrogens (tertiary/aromatic N) is 1. The summed E-state index contributed by atoms with van der Waals surface area (Å²) in [6.07, 6.45) is 2.96. The smallest absolute Gasteiger partial charge is 0.248 e. The van der Waals surface area contributed by atoms with E-state index in [1.165, 1.54) is 6.39 Å². The highest BCUT2D eigenvalue weighted by atomic mass is 16.5. The lowest BCUT2D eigenvalue weighted by Gasteiger charge is -2.11. The first-order valence-electron chi connectivity index (χ1n) is 5.30. The maximum absolute atomic E-state index is 11.1. The number of rotatable bonds is 5. The molecule has 18 heavy (non-hydrogen) atoms. The van der Waals surface area contributed by atoms with Crippen LogP contribution in [0.1, 0.15) is 16.1 Å². The lowest BCUT2D eigenvalue weighted by atomic mass is 10.1. The first kappa shape index (κ1) is 12.0. The number of anilines is 1. The van der Waals surface area contributed by atoms with Crippen LogP contribution in [0.25, 0.3) is 0 Å². The van der Waals surface area contributed by atoms with Crippen LogP contribution in [-0.4, -0.2) is 18.0 Å². The van der Waals surface area contributed by atoms with Crippen LogP contribution < -0.4 is 15.8 Å². The minimum absolute atomic E-state index is 0.413. The molecule has 2 rings (SSSR count). The third kappa shape index (κ3) is 2.60. The molecule has 1 heterocycles. The Hall–Kier alpha value is -2.50. The minimum Gasteiger partial charge on any atom is -0.495 e. The third-order valence-corrected chi connectivity index (χ3v) is 2.42. The molecule has 0 saturated heterocycles. The van der Waals surface area contributed by atoms with E-state index in [-0.39, 0.29) is 0 Å². The molecule has 1 aromatic heterocycles. The highest BCUT2D eigenvalue weighted by Gasteiger charge is 2.08.